The molecule has 0 aliphatic carbocycles. The lowest BCUT2D eigenvalue weighted by Crippen LogP contribution is -2.27. The van der Waals surface area contributed by atoms with Gasteiger partial charge in [-0.1, -0.05) is 0 Å². The fraction of sp³-hybridized carbons (Fsp3) is 0.375. The summed E-state index contributed by atoms with van der Waals surface area (Å²) in [6.45, 7) is 7.55. The number of carbonyl (C=O) groups is 1. The first-order chi connectivity index (χ1) is 9.82. The zero-order chi connectivity index (χ0) is 15.7. The average Bonchev–Trinajstić information content (AvgIpc) is 2.76. The summed E-state index contributed by atoms with van der Waals surface area (Å²) in [5.41, 5.74) is 2.57. The van der Waals surface area contributed by atoms with Crippen molar-refractivity contribution in [2.45, 2.75) is 33.7 Å². The Morgan fingerprint density at radius 1 is 1.29 bits per heavy atom. The van der Waals surface area contributed by atoms with E-state index in [2.05, 4.69) is 4.98 Å². The van der Waals surface area contributed by atoms with Gasteiger partial charge in [-0.2, -0.15) is 0 Å². The molecule has 0 saturated heterocycles. The van der Waals surface area contributed by atoms with E-state index in [4.69, 9.17) is 0 Å². The molecule has 1 aromatic carbocycles. The lowest BCUT2D eigenvalue weighted by atomic mass is 10.1. The molecule has 0 aliphatic heterocycles. The Kier molecular flexibility index (Phi) is 4.11. The third-order valence-electron chi connectivity index (χ3n) is 3.54. The predicted octanol–water partition coefficient (Wildman–Crippen LogP) is 3.56. The van der Waals surface area contributed by atoms with Crippen LogP contribution in [0.15, 0.2) is 24.3 Å². The van der Waals surface area contributed by atoms with E-state index < -0.39 is 0 Å². The van der Waals surface area contributed by atoms with Crippen LogP contribution >= 0.6 is 0 Å². The third kappa shape index (κ3) is 2.82. The summed E-state index contributed by atoms with van der Waals surface area (Å²) < 4.78 is 15.1. The summed E-state index contributed by atoms with van der Waals surface area (Å²) >= 11 is 0. The average molecular weight is 289 g/mol. The Labute approximate surface area is 124 Å². The molecule has 21 heavy (non-hydrogen) atoms. The minimum Gasteiger partial charge on any atom is -0.311 e. The highest BCUT2D eigenvalue weighted by Gasteiger charge is 2.21. The van der Waals surface area contributed by atoms with Crippen molar-refractivity contribution in [3.05, 3.63) is 35.8 Å². The number of anilines is 1. The first kappa shape index (κ1) is 15.2. The number of benzene rings is 1. The topological polar surface area (TPSA) is 38.1 Å². The van der Waals surface area contributed by atoms with Crippen molar-refractivity contribution >= 4 is 11.9 Å². The Morgan fingerprint density at radius 2 is 1.86 bits per heavy atom. The van der Waals surface area contributed by atoms with E-state index in [1.165, 1.54) is 24.0 Å². The van der Waals surface area contributed by atoms with Crippen molar-refractivity contribution in [2.24, 2.45) is 0 Å². The summed E-state index contributed by atoms with van der Waals surface area (Å²) in [7, 11) is 1.71. The maximum atomic E-state index is 13.1. The Balaban J connectivity index is 2.61. The Morgan fingerprint density at radius 3 is 2.33 bits per heavy atom. The molecule has 4 nitrogen and oxygen atoms in total. The van der Waals surface area contributed by atoms with Gasteiger partial charge in [-0.25, -0.2) is 9.37 Å². The summed E-state index contributed by atoms with van der Waals surface area (Å²) in [5, 5.41) is 0. The Bertz CT molecular complexity index is 659. The van der Waals surface area contributed by atoms with Crippen LogP contribution in [0.1, 0.15) is 32.5 Å². The van der Waals surface area contributed by atoms with Crippen LogP contribution in [0.3, 0.4) is 0 Å². The van der Waals surface area contributed by atoms with E-state index in [-0.39, 0.29) is 17.8 Å². The zero-order valence-electron chi connectivity index (χ0n) is 13.0. The molecular weight excluding hydrogens is 269 g/mol. The molecule has 0 atom stereocenters. The molecule has 0 bridgehead atoms. The molecule has 5 heteroatoms. The van der Waals surface area contributed by atoms with Crippen molar-refractivity contribution < 1.29 is 9.18 Å². The number of imidazole rings is 1. The number of hydrogen-bond acceptors (Lipinski definition) is 2. The summed E-state index contributed by atoms with van der Waals surface area (Å²) in [6, 6.07) is 6.40. The predicted molar refractivity (Wildman–Crippen MR) is 81.8 cm³/mol. The van der Waals surface area contributed by atoms with Gasteiger partial charge in [0, 0.05) is 31.3 Å². The maximum absolute atomic E-state index is 13.1. The van der Waals surface area contributed by atoms with Crippen LogP contribution in [0, 0.1) is 12.7 Å². The van der Waals surface area contributed by atoms with Gasteiger partial charge < -0.3 is 4.57 Å². The number of carbonyl (C=O) groups excluding carboxylic acids is 1. The fourth-order valence-electron chi connectivity index (χ4n) is 2.38. The first-order valence-corrected chi connectivity index (χ1v) is 6.92. The molecule has 0 N–H and O–H groups in total. The Hall–Kier alpha value is -2.17. The van der Waals surface area contributed by atoms with Gasteiger partial charge >= 0.3 is 0 Å². The van der Waals surface area contributed by atoms with Crippen LogP contribution in [0.4, 0.5) is 10.3 Å². The SMILES string of the molecule is CC(=O)N(C)c1nc(-c2ccc(F)cc2)c(C)n1C(C)C. The molecule has 0 radical (unpaired) electrons. The van der Waals surface area contributed by atoms with Crippen LogP contribution in [0.25, 0.3) is 11.3 Å². The van der Waals surface area contributed by atoms with Crippen LogP contribution < -0.4 is 4.90 Å². The minimum atomic E-state index is -0.277. The van der Waals surface area contributed by atoms with E-state index in [1.807, 2.05) is 25.3 Å². The molecule has 1 heterocycles. The van der Waals surface area contributed by atoms with E-state index in [0.717, 1.165) is 17.0 Å². The van der Waals surface area contributed by atoms with Crippen molar-refractivity contribution in [3.63, 3.8) is 0 Å². The quantitative estimate of drug-likeness (QED) is 0.866. The highest BCUT2D eigenvalue weighted by Crippen LogP contribution is 2.30. The summed E-state index contributed by atoms with van der Waals surface area (Å²) in [4.78, 5) is 17.8. The monoisotopic (exact) mass is 289 g/mol. The van der Waals surface area contributed by atoms with E-state index in [0.29, 0.717) is 5.95 Å². The molecule has 112 valence electrons. The lowest BCUT2D eigenvalue weighted by molar-refractivity contribution is -0.116. The number of aromatic nitrogens is 2. The van der Waals surface area contributed by atoms with Crippen molar-refractivity contribution in [1.82, 2.24) is 9.55 Å². The number of rotatable bonds is 3. The van der Waals surface area contributed by atoms with Gasteiger partial charge in [-0.05, 0) is 45.0 Å². The largest absolute Gasteiger partial charge is 0.311 e. The molecule has 2 aromatic rings. The zero-order valence-corrected chi connectivity index (χ0v) is 13.0. The van der Waals surface area contributed by atoms with Gasteiger partial charge in [0.2, 0.25) is 11.9 Å². The molecule has 0 saturated carbocycles. The van der Waals surface area contributed by atoms with E-state index >= 15 is 0 Å². The minimum absolute atomic E-state index is 0.0763. The normalized spacial score (nSPS) is 11.0. The molecule has 1 amide bonds. The standard InChI is InChI=1S/C16H20FN3O/c1-10(2)20-11(3)15(13-6-8-14(17)9-7-13)18-16(20)19(5)12(4)21/h6-10H,1-5H3. The molecule has 0 spiro atoms. The number of nitrogens with zero attached hydrogens (tertiary/aromatic N) is 3. The lowest BCUT2D eigenvalue weighted by Gasteiger charge is -2.19. The van der Waals surface area contributed by atoms with Crippen molar-refractivity contribution in [2.75, 3.05) is 11.9 Å². The second kappa shape index (κ2) is 5.68. The van der Waals surface area contributed by atoms with Gasteiger partial charge in [0.15, 0.2) is 0 Å². The second-order valence-electron chi connectivity index (χ2n) is 5.39. The highest BCUT2D eigenvalue weighted by atomic mass is 19.1. The fourth-order valence-corrected chi connectivity index (χ4v) is 2.38. The van der Waals surface area contributed by atoms with E-state index in [9.17, 15) is 9.18 Å². The van der Waals surface area contributed by atoms with Crippen molar-refractivity contribution in [1.29, 1.82) is 0 Å². The van der Waals surface area contributed by atoms with Gasteiger partial charge in [0.25, 0.3) is 0 Å². The van der Waals surface area contributed by atoms with Gasteiger partial charge in [-0.3, -0.25) is 9.69 Å². The number of amides is 1. The van der Waals surface area contributed by atoms with Gasteiger partial charge in [-0.15, -0.1) is 0 Å². The third-order valence-corrected chi connectivity index (χ3v) is 3.54. The van der Waals surface area contributed by atoms with Gasteiger partial charge in [0.1, 0.15) is 5.82 Å². The maximum Gasteiger partial charge on any atom is 0.225 e. The summed E-state index contributed by atoms with van der Waals surface area (Å²) in [6.07, 6.45) is 0. The van der Waals surface area contributed by atoms with Crippen molar-refractivity contribution in [3.8, 4) is 11.3 Å². The summed E-state index contributed by atoms with van der Waals surface area (Å²) in [5.74, 6) is 0.252. The molecule has 0 fully saturated rings. The van der Waals surface area contributed by atoms with Crippen LogP contribution in [-0.4, -0.2) is 22.5 Å². The van der Waals surface area contributed by atoms with Crippen LogP contribution in [-0.2, 0) is 4.79 Å². The number of halogens is 1. The molecule has 1 aromatic heterocycles. The van der Waals surface area contributed by atoms with Crippen LogP contribution in [0.2, 0.25) is 0 Å². The van der Waals surface area contributed by atoms with Gasteiger partial charge in [0.05, 0.1) is 5.69 Å². The molecule has 2 rings (SSSR count). The molecule has 0 aliphatic rings. The van der Waals surface area contributed by atoms with Crippen LogP contribution in [0.5, 0.6) is 0 Å². The molecule has 0 unspecified atom stereocenters. The first-order valence-electron chi connectivity index (χ1n) is 6.92. The smallest absolute Gasteiger partial charge is 0.225 e. The highest BCUT2D eigenvalue weighted by molar-refractivity contribution is 5.89. The number of hydrogen-bond donors (Lipinski definition) is 0. The second-order valence-corrected chi connectivity index (χ2v) is 5.39. The van der Waals surface area contributed by atoms with E-state index in [1.54, 1.807) is 19.2 Å². The molecular formula is C16H20FN3O.